The highest BCUT2D eigenvalue weighted by molar-refractivity contribution is 7.92. The second-order valence-corrected chi connectivity index (χ2v) is 9.16. The van der Waals surface area contributed by atoms with Crippen LogP contribution in [0.4, 0.5) is 11.4 Å². The Morgan fingerprint density at radius 2 is 1.53 bits per heavy atom. The molecule has 2 amide bonds. The number of rotatable bonds is 8. The molecule has 0 spiro atoms. The van der Waals surface area contributed by atoms with Crippen LogP contribution < -0.4 is 20.1 Å². The lowest BCUT2D eigenvalue weighted by molar-refractivity contribution is -0.131. The Kier molecular flexibility index (Phi) is 7.64. The molecule has 34 heavy (non-hydrogen) atoms. The van der Waals surface area contributed by atoms with Crippen molar-refractivity contribution in [1.29, 1.82) is 0 Å². The summed E-state index contributed by atoms with van der Waals surface area (Å²) in [5.74, 6) is -0.911. The van der Waals surface area contributed by atoms with Crippen LogP contribution >= 0.6 is 0 Å². The molecular formula is C24H23N3O6S. The molecule has 3 rings (SSSR count). The van der Waals surface area contributed by atoms with Gasteiger partial charge in [-0.2, -0.15) is 0 Å². The topological polar surface area (TPSA) is 131 Å². The maximum atomic E-state index is 12.6. The highest BCUT2D eigenvalue weighted by Gasteiger charge is 2.10. The average molecular weight is 482 g/mol. The van der Waals surface area contributed by atoms with E-state index in [1.54, 1.807) is 42.5 Å². The van der Waals surface area contributed by atoms with Crippen LogP contribution in [-0.4, -0.2) is 32.5 Å². The second-order valence-electron chi connectivity index (χ2n) is 7.41. The first kappa shape index (κ1) is 24.5. The molecule has 176 valence electrons. The average Bonchev–Trinajstić information content (AvgIpc) is 2.77. The molecule has 0 atom stereocenters. The number of hydrogen-bond acceptors (Lipinski definition) is 6. The van der Waals surface area contributed by atoms with Gasteiger partial charge < -0.3 is 15.4 Å². The van der Waals surface area contributed by atoms with E-state index in [1.165, 1.54) is 37.3 Å². The number of nitrogens with one attached hydrogen (secondary N) is 3. The van der Waals surface area contributed by atoms with Crippen molar-refractivity contribution < 1.29 is 27.5 Å². The Labute approximate surface area is 197 Å². The van der Waals surface area contributed by atoms with E-state index in [-0.39, 0.29) is 24.1 Å². The Hall–Kier alpha value is -4.18. The fourth-order valence-corrected chi connectivity index (χ4v) is 3.58. The zero-order valence-corrected chi connectivity index (χ0v) is 19.3. The first-order valence-corrected chi connectivity index (χ1v) is 12.0. The van der Waals surface area contributed by atoms with Crippen LogP contribution in [0.15, 0.2) is 72.8 Å². The first-order valence-electron chi connectivity index (χ1n) is 10.1. The molecule has 0 aliphatic carbocycles. The molecular weight excluding hydrogens is 458 g/mol. The standard InChI is InChI=1S/C24H23N3O6S/c1-16(28)33-22-8-4-6-19(14-22)24(30)26-21-7-3-5-17(13-21)15-25-23(29)18-9-11-20(12-10-18)27-34(2,31)32/h3-14,27H,15H2,1-2H3,(H,25,29)(H,26,30). The molecule has 0 aliphatic heterocycles. The van der Waals surface area contributed by atoms with Gasteiger partial charge in [-0.15, -0.1) is 0 Å². The normalized spacial score (nSPS) is 10.8. The molecule has 0 aliphatic rings. The maximum absolute atomic E-state index is 12.6. The smallest absolute Gasteiger partial charge is 0.308 e. The van der Waals surface area contributed by atoms with Gasteiger partial charge in [0.05, 0.1) is 6.26 Å². The Bertz CT molecular complexity index is 1320. The number of sulfonamides is 1. The quantitative estimate of drug-likeness (QED) is 0.335. The third-order valence-corrected chi connectivity index (χ3v) is 5.05. The van der Waals surface area contributed by atoms with Crippen molar-refractivity contribution in [2.24, 2.45) is 0 Å². The van der Waals surface area contributed by atoms with E-state index in [0.717, 1.165) is 11.8 Å². The summed E-state index contributed by atoms with van der Waals surface area (Å²) >= 11 is 0. The van der Waals surface area contributed by atoms with Crippen molar-refractivity contribution in [1.82, 2.24) is 5.32 Å². The Balaban J connectivity index is 1.60. The maximum Gasteiger partial charge on any atom is 0.308 e. The monoisotopic (exact) mass is 481 g/mol. The van der Waals surface area contributed by atoms with Crippen LogP contribution in [0, 0.1) is 0 Å². The molecule has 0 bridgehead atoms. The highest BCUT2D eigenvalue weighted by Crippen LogP contribution is 2.17. The molecule has 3 N–H and O–H groups in total. The fourth-order valence-electron chi connectivity index (χ4n) is 3.02. The van der Waals surface area contributed by atoms with Crippen LogP contribution in [0.2, 0.25) is 0 Å². The van der Waals surface area contributed by atoms with Gasteiger partial charge in [0, 0.05) is 36.0 Å². The van der Waals surface area contributed by atoms with E-state index in [1.807, 2.05) is 0 Å². The minimum Gasteiger partial charge on any atom is -0.427 e. The number of carbonyl (C=O) groups is 3. The molecule has 0 fully saturated rings. The van der Waals surface area contributed by atoms with Gasteiger partial charge in [-0.3, -0.25) is 19.1 Å². The molecule has 0 unspecified atom stereocenters. The SMILES string of the molecule is CC(=O)Oc1cccc(C(=O)Nc2cccc(CNC(=O)c3ccc(NS(C)(=O)=O)cc3)c2)c1. The van der Waals surface area contributed by atoms with E-state index < -0.39 is 16.0 Å². The zero-order valence-electron chi connectivity index (χ0n) is 18.5. The van der Waals surface area contributed by atoms with Gasteiger partial charge in [0.15, 0.2) is 0 Å². The largest absolute Gasteiger partial charge is 0.427 e. The molecule has 10 heteroatoms. The summed E-state index contributed by atoms with van der Waals surface area (Å²) in [4.78, 5) is 36.1. The summed E-state index contributed by atoms with van der Waals surface area (Å²) in [6, 6.07) is 19.3. The van der Waals surface area contributed by atoms with Crippen LogP contribution in [0.3, 0.4) is 0 Å². The molecule has 0 aromatic heterocycles. The number of benzene rings is 3. The summed E-state index contributed by atoms with van der Waals surface area (Å²) in [5, 5.41) is 5.56. The minimum absolute atomic E-state index is 0.216. The second kappa shape index (κ2) is 10.6. The molecule has 3 aromatic rings. The van der Waals surface area contributed by atoms with Crippen molar-refractivity contribution in [2.45, 2.75) is 13.5 Å². The summed E-state index contributed by atoms with van der Waals surface area (Å²) in [5.41, 5.74) is 2.35. The van der Waals surface area contributed by atoms with Crippen molar-refractivity contribution >= 4 is 39.2 Å². The summed E-state index contributed by atoms with van der Waals surface area (Å²) in [6.07, 6.45) is 1.05. The van der Waals surface area contributed by atoms with E-state index >= 15 is 0 Å². The lowest BCUT2D eigenvalue weighted by Gasteiger charge is -2.10. The van der Waals surface area contributed by atoms with Crippen molar-refractivity contribution in [3.8, 4) is 5.75 Å². The molecule has 0 radical (unpaired) electrons. The van der Waals surface area contributed by atoms with Crippen molar-refractivity contribution in [2.75, 3.05) is 16.3 Å². The van der Waals surface area contributed by atoms with Crippen molar-refractivity contribution in [3.05, 3.63) is 89.5 Å². The van der Waals surface area contributed by atoms with Gasteiger partial charge in [0.2, 0.25) is 10.0 Å². The minimum atomic E-state index is -3.39. The third-order valence-electron chi connectivity index (χ3n) is 4.45. The lowest BCUT2D eigenvalue weighted by Crippen LogP contribution is -2.23. The van der Waals surface area contributed by atoms with Gasteiger partial charge in [-0.25, -0.2) is 8.42 Å². The summed E-state index contributed by atoms with van der Waals surface area (Å²) in [6.45, 7) is 1.50. The number of esters is 1. The van der Waals surface area contributed by atoms with Crippen molar-refractivity contribution in [3.63, 3.8) is 0 Å². The first-order chi connectivity index (χ1) is 16.1. The van der Waals surface area contributed by atoms with Gasteiger partial charge in [-0.1, -0.05) is 18.2 Å². The number of anilines is 2. The number of amides is 2. The van der Waals surface area contributed by atoms with E-state index in [0.29, 0.717) is 22.5 Å². The van der Waals surface area contributed by atoms with Gasteiger partial charge in [0.1, 0.15) is 5.75 Å². The molecule has 0 saturated carbocycles. The Morgan fingerprint density at radius 1 is 0.824 bits per heavy atom. The number of ether oxygens (including phenoxy) is 1. The van der Waals surface area contributed by atoms with E-state index in [2.05, 4.69) is 15.4 Å². The molecule has 9 nitrogen and oxygen atoms in total. The number of carbonyl (C=O) groups excluding carboxylic acids is 3. The summed E-state index contributed by atoms with van der Waals surface area (Å²) < 4.78 is 29.9. The lowest BCUT2D eigenvalue weighted by atomic mass is 10.1. The van der Waals surface area contributed by atoms with Gasteiger partial charge in [-0.05, 0) is 60.2 Å². The molecule has 3 aromatic carbocycles. The van der Waals surface area contributed by atoms with Crippen LogP contribution in [-0.2, 0) is 21.4 Å². The van der Waals surface area contributed by atoms with E-state index in [9.17, 15) is 22.8 Å². The predicted molar refractivity (Wildman–Crippen MR) is 128 cm³/mol. The van der Waals surface area contributed by atoms with Crippen LogP contribution in [0.25, 0.3) is 0 Å². The summed E-state index contributed by atoms with van der Waals surface area (Å²) in [7, 11) is -3.39. The molecule has 0 saturated heterocycles. The predicted octanol–water partition coefficient (Wildman–Crippen LogP) is 3.17. The number of hydrogen-bond donors (Lipinski definition) is 3. The van der Waals surface area contributed by atoms with E-state index in [4.69, 9.17) is 4.74 Å². The van der Waals surface area contributed by atoms with Gasteiger partial charge >= 0.3 is 5.97 Å². The van der Waals surface area contributed by atoms with Crippen LogP contribution in [0.1, 0.15) is 33.2 Å². The zero-order chi connectivity index (χ0) is 24.7. The molecule has 0 heterocycles. The highest BCUT2D eigenvalue weighted by atomic mass is 32.2. The third kappa shape index (κ3) is 7.45. The van der Waals surface area contributed by atoms with Gasteiger partial charge in [0.25, 0.3) is 11.8 Å². The Morgan fingerprint density at radius 3 is 2.21 bits per heavy atom. The van der Waals surface area contributed by atoms with Crippen LogP contribution in [0.5, 0.6) is 5.75 Å². The fraction of sp³-hybridized carbons (Fsp3) is 0.125.